The van der Waals surface area contributed by atoms with E-state index in [0.717, 1.165) is 19.1 Å². The SMILES string of the molecule is COC(=O)C1=C(C(=O)OC)N(c2c(Br)cc(Br)cc2C(=O)OC)C(N)=C(C#N)C1c1ccccc1. The molecule has 0 spiro atoms. The van der Waals surface area contributed by atoms with Crippen molar-refractivity contribution in [2.75, 3.05) is 26.2 Å². The van der Waals surface area contributed by atoms with Crippen molar-refractivity contribution in [1.82, 2.24) is 0 Å². The number of carbonyl (C=O) groups is 3. The van der Waals surface area contributed by atoms with E-state index in [-0.39, 0.29) is 33.9 Å². The molecule has 11 heteroatoms. The zero-order valence-corrected chi connectivity index (χ0v) is 22.0. The topological polar surface area (TPSA) is 132 Å². The largest absolute Gasteiger partial charge is 0.466 e. The van der Waals surface area contributed by atoms with Crippen molar-refractivity contribution < 1.29 is 28.6 Å². The van der Waals surface area contributed by atoms with Gasteiger partial charge in [-0.3, -0.25) is 4.90 Å². The molecule has 0 radical (unpaired) electrons. The number of nitrogens with zero attached hydrogens (tertiary/aromatic N) is 2. The molecule has 1 unspecified atom stereocenters. The van der Waals surface area contributed by atoms with E-state index in [1.54, 1.807) is 36.4 Å². The molecule has 0 aliphatic carbocycles. The number of esters is 3. The van der Waals surface area contributed by atoms with E-state index in [4.69, 9.17) is 19.9 Å². The Balaban J connectivity index is 2.52. The molecule has 0 fully saturated rings. The van der Waals surface area contributed by atoms with Crippen LogP contribution >= 0.6 is 31.9 Å². The number of halogens is 2. The lowest BCUT2D eigenvalue weighted by molar-refractivity contribution is -0.139. The third kappa shape index (κ3) is 4.67. The van der Waals surface area contributed by atoms with Gasteiger partial charge in [0.25, 0.3) is 0 Å². The molecule has 1 aliphatic heterocycles. The Labute approximate surface area is 218 Å². The molecule has 9 nitrogen and oxygen atoms in total. The maximum Gasteiger partial charge on any atom is 0.355 e. The van der Waals surface area contributed by atoms with Gasteiger partial charge in [0.1, 0.15) is 11.5 Å². The first-order chi connectivity index (χ1) is 16.7. The van der Waals surface area contributed by atoms with Crippen LogP contribution in [0.3, 0.4) is 0 Å². The summed E-state index contributed by atoms with van der Waals surface area (Å²) in [7, 11) is 3.48. The van der Waals surface area contributed by atoms with E-state index < -0.39 is 23.8 Å². The molecule has 180 valence electrons. The Hall–Kier alpha value is -3.62. The summed E-state index contributed by atoms with van der Waals surface area (Å²) in [6, 6.07) is 13.7. The smallest absolute Gasteiger partial charge is 0.355 e. The molecule has 0 bridgehead atoms. The molecular weight excluding hydrogens is 586 g/mol. The van der Waals surface area contributed by atoms with Crippen molar-refractivity contribution in [3.63, 3.8) is 0 Å². The van der Waals surface area contributed by atoms with Gasteiger partial charge in [0, 0.05) is 8.95 Å². The summed E-state index contributed by atoms with van der Waals surface area (Å²) in [5, 5.41) is 10.1. The fourth-order valence-electron chi connectivity index (χ4n) is 3.80. The second kappa shape index (κ2) is 10.8. The number of nitriles is 1. The first-order valence-electron chi connectivity index (χ1n) is 9.94. The van der Waals surface area contributed by atoms with Gasteiger partial charge in [-0.05, 0) is 33.6 Å². The minimum Gasteiger partial charge on any atom is -0.466 e. The van der Waals surface area contributed by atoms with Gasteiger partial charge < -0.3 is 19.9 Å². The van der Waals surface area contributed by atoms with Crippen LogP contribution in [0.2, 0.25) is 0 Å². The number of allylic oxidation sites excluding steroid dienone is 1. The zero-order chi connectivity index (χ0) is 25.9. The summed E-state index contributed by atoms with van der Waals surface area (Å²) in [4.78, 5) is 40.2. The molecule has 2 aromatic carbocycles. The first-order valence-corrected chi connectivity index (χ1v) is 11.5. The van der Waals surface area contributed by atoms with Crippen LogP contribution in [0.25, 0.3) is 0 Å². The fourth-order valence-corrected chi connectivity index (χ4v) is 5.21. The van der Waals surface area contributed by atoms with Gasteiger partial charge in [-0.15, -0.1) is 0 Å². The molecule has 35 heavy (non-hydrogen) atoms. The van der Waals surface area contributed by atoms with Crippen LogP contribution in [0.5, 0.6) is 0 Å². The quantitative estimate of drug-likeness (QED) is 0.398. The Kier molecular flexibility index (Phi) is 7.99. The van der Waals surface area contributed by atoms with Gasteiger partial charge in [0.2, 0.25) is 0 Å². The number of ether oxygens (including phenoxy) is 3. The number of methoxy groups -OCH3 is 3. The summed E-state index contributed by atoms with van der Waals surface area (Å²) >= 11 is 6.73. The molecule has 2 N–H and O–H groups in total. The highest BCUT2D eigenvalue weighted by Crippen LogP contribution is 2.46. The van der Waals surface area contributed by atoms with Gasteiger partial charge in [0.05, 0.1) is 55.7 Å². The lowest BCUT2D eigenvalue weighted by Gasteiger charge is -2.37. The maximum absolute atomic E-state index is 13.2. The second-order valence-electron chi connectivity index (χ2n) is 7.11. The average molecular weight is 605 g/mol. The Morgan fingerprint density at radius 3 is 2.11 bits per heavy atom. The normalized spacial score (nSPS) is 15.4. The molecular formula is C24H19Br2N3O6. The molecule has 1 aliphatic rings. The summed E-state index contributed by atoms with van der Waals surface area (Å²) in [6.07, 6.45) is 0. The molecule has 0 aromatic heterocycles. The third-order valence-corrected chi connectivity index (χ3v) is 6.33. The summed E-state index contributed by atoms with van der Waals surface area (Å²) in [5.74, 6) is -3.77. The van der Waals surface area contributed by atoms with Crippen LogP contribution in [0, 0.1) is 11.3 Å². The van der Waals surface area contributed by atoms with Crippen LogP contribution in [0.4, 0.5) is 5.69 Å². The number of hydrogen-bond donors (Lipinski definition) is 1. The predicted octanol–water partition coefficient (Wildman–Crippen LogP) is 3.90. The second-order valence-corrected chi connectivity index (χ2v) is 8.88. The van der Waals surface area contributed by atoms with E-state index in [1.165, 1.54) is 13.2 Å². The molecule has 2 aromatic rings. The number of nitrogens with two attached hydrogens (primary N) is 1. The monoisotopic (exact) mass is 603 g/mol. The number of hydrogen-bond acceptors (Lipinski definition) is 9. The van der Waals surface area contributed by atoms with Gasteiger partial charge in [-0.25, -0.2) is 14.4 Å². The number of carbonyl (C=O) groups excluding carboxylic acids is 3. The van der Waals surface area contributed by atoms with Crippen molar-refractivity contribution in [1.29, 1.82) is 5.26 Å². The maximum atomic E-state index is 13.2. The van der Waals surface area contributed by atoms with E-state index in [1.807, 2.05) is 0 Å². The highest BCUT2D eigenvalue weighted by Gasteiger charge is 2.44. The van der Waals surface area contributed by atoms with Crippen molar-refractivity contribution in [2.45, 2.75) is 5.92 Å². The van der Waals surface area contributed by atoms with Crippen LogP contribution in [-0.2, 0) is 23.8 Å². The standard InChI is InChI=1S/C24H19Br2N3O6/c1-33-22(30)14-9-13(25)10-16(26)19(14)29-20(24(32)35-3)18(23(31)34-2)17(15(11-27)21(29)28)12-7-5-4-6-8-12/h4-10,17H,28H2,1-3H3. The zero-order valence-electron chi connectivity index (χ0n) is 18.8. The van der Waals surface area contributed by atoms with Crippen molar-refractivity contribution in [3.05, 3.63) is 85.2 Å². The number of anilines is 1. The summed E-state index contributed by atoms with van der Waals surface area (Å²) in [5.41, 5.74) is 6.57. The number of benzene rings is 2. The summed E-state index contributed by atoms with van der Waals surface area (Å²) < 4.78 is 15.8. The third-order valence-electron chi connectivity index (χ3n) is 5.27. The van der Waals surface area contributed by atoms with Crippen molar-refractivity contribution in [2.24, 2.45) is 5.73 Å². The van der Waals surface area contributed by atoms with Gasteiger partial charge in [-0.1, -0.05) is 46.3 Å². The van der Waals surface area contributed by atoms with Crippen molar-refractivity contribution in [3.8, 4) is 6.07 Å². The molecule has 3 rings (SSSR count). The highest BCUT2D eigenvalue weighted by atomic mass is 79.9. The molecule has 0 saturated carbocycles. The Morgan fingerprint density at radius 1 is 0.971 bits per heavy atom. The van der Waals surface area contributed by atoms with Crippen LogP contribution < -0.4 is 10.6 Å². The first kappa shape index (κ1) is 26.0. The lowest BCUT2D eigenvalue weighted by Crippen LogP contribution is -2.41. The van der Waals surface area contributed by atoms with Gasteiger partial charge >= 0.3 is 17.9 Å². The predicted molar refractivity (Wildman–Crippen MR) is 133 cm³/mol. The highest BCUT2D eigenvalue weighted by molar-refractivity contribution is 9.11. The molecule has 0 saturated heterocycles. The van der Waals surface area contributed by atoms with Gasteiger partial charge in [-0.2, -0.15) is 5.26 Å². The molecule has 0 amide bonds. The van der Waals surface area contributed by atoms with Crippen LogP contribution in [-0.4, -0.2) is 39.2 Å². The van der Waals surface area contributed by atoms with Crippen LogP contribution in [0.1, 0.15) is 21.8 Å². The van der Waals surface area contributed by atoms with E-state index in [9.17, 15) is 19.6 Å². The van der Waals surface area contributed by atoms with E-state index in [0.29, 0.717) is 14.5 Å². The summed E-state index contributed by atoms with van der Waals surface area (Å²) in [6.45, 7) is 0. The molecule has 1 heterocycles. The van der Waals surface area contributed by atoms with E-state index >= 15 is 0 Å². The lowest BCUT2D eigenvalue weighted by atomic mass is 9.80. The van der Waals surface area contributed by atoms with Gasteiger partial charge in [0.15, 0.2) is 0 Å². The minimum atomic E-state index is -1.03. The number of rotatable bonds is 5. The van der Waals surface area contributed by atoms with E-state index in [2.05, 4.69) is 37.9 Å². The van der Waals surface area contributed by atoms with Crippen LogP contribution in [0.15, 0.2) is 74.1 Å². The Bertz CT molecular complexity index is 1310. The minimum absolute atomic E-state index is 0.00207. The average Bonchev–Trinajstić information content (AvgIpc) is 2.87. The fraction of sp³-hybridized carbons (Fsp3) is 0.167. The Morgan fingerprint density at radius 2 is 1.57 bits per heavy atom. The van der Waals surface area contributed by atoms with Crippen molar-refractivity contribution >= 4 is 55.5 Å². The molecule has 1 atom stereocenters.